The fourth-order valence-electron chi connectivity index (χ4n) is 1.95. The van der Waals surface area contributed by atoms with Gasteiger partial charge in [-0.1, -0.05) is 12.1 Å². The van der Waals surface area contributed by atoms with Crippen LogP contribution < -0.4 is 4.74 Å². The van der Waals surface area contributed by atoms with Crippen molar-refractivity contribution in [2.75, 3.05) is 14.2 Å². The van der Waals surface area contributed by atoms with E-state index in [0.717, 1.165) is 0 Å². The molecule has 0 aliphatic heterocycles. The monoisotopic (exact) mass is 315 g/mol. The Kier molecular flexibility index (Phi) is 5.71. The van der Waals surface area contributed by atoms with Crippen molar-refractivity contribution in [3.05, 3.63) is 60.0 Å². The van der Waals surface area contributed by atoms with Gasteiger partial charge in [0.25, 0.3) is 0 Å². The van der Waals surface area contributed by atoms with Gasteiger partial charge in [0.05, 0.1) is 32.7 Å². The first-order valence-corrected chi connectivity index (χ1v) is 6.84. The molecule has 2 aromatic rings. The molecule has 0 amide bonds. The normalized spacial score (nSPS) is 11.0. The van der Waals surface area contributed by atoms with Crippen LogP contribution in [0.25, 0.3) is 5.57 Å². The predicted molar refractivity (Wildman–Crippen MR) is 83.7 cm³/mol. The summed E-state index contributed by atoms with van der Waals surface area (Å²) in [5, 5.41) is 9.19. The van der Waals surface area contributed by atoms with E-state index in [0.29, 0.717) is 16.9 Å². The van der Waals surface area contributed by atoms with Crippen LogP contribution >= 0.6 is 0 Å². The second-order valence-electron chi connectivity index (χ2n) is 4.52. The number of ether oxygens (including phenoxy) is 3. The molecule has 0 aliphatic carbocycles. The van der Waals surface area contributed by atoms with E-state index in [1.807, 2.05) is 0 Å². The molecule has 2 rings (SSSR count). The van der Waals surface area contributed by atoms with Crippen molar-refractivity contribution in [3.63, 3.8) is 0 Å². The number of pyridine rings is 1. The first kappa shape index (κ1) is 16.5. The highest BCUT2D eigenvalue weighted by Gasteiger charge is 2.19. The maximum absolute atomic E-state index is 11.9. The van der Waals surface area contributed by atoms with Gasteiger partial charge in [-0.15, -0.1) is 0 Å². The van der Waals surface area contributed by atoms with Gasteiger partial charge in [0, 0.05) is 6.20 Å². The fourth-order valence-corrected chi connectivity index (χ4v) is 1.95. The van der Waals surface area contributed by atoms with Crippen molar-refractivity contribution in [2.24, 2.45) is 0 Å². The lowest BCUT2D eigenvalue weighted by atomic mass is 10.1. The summed E-state index contributed by atoms with van der Waals surface area (Å²) in [5.41, 5.74) is 1.34. The molecular formula is C17H17NO5. The van der Waals surface area contributed by atoms with Crippen molar-refractivity contribution in [3.8, 4) is 11.6 Å². The lowest BCUT2D eigenvalue weighted by molar-refractivity contribution is -0.133. The summed E-state index contributed by atoms with van der Waals surface area (Å²) in [6.45, 7) is -0.0940. The average molecular weight is 315 g/mol. The van der Waals surface area contributed by atoms with E-state index in [1.54, 1.807) is 42.6 Å². The highest BCUT2D eigenvalue weighted by molar-refractivity contribution is 6.16. The minimum Gasteiger partial charge on any atom is -0.503 e. The molecule has 1 N–H and O–H groups in total. The summed E-state index contributed by atoms with van der Waals surface area (Å²) >= 11 is 0. The van der Waals surface area contributed by atoms with Gasteiger partial charge in [0.15, 0.2) is 0 Å². The van der Waals surface area contributed by atoms with E-state index in [-0.39, 0.29) is 18.1 Å². The molecule has 0 fully saturated rings. The zero-order valence-corrected chi connectivity index (χ0v) is 12.9. The summed E-state index contributed by atoms with van der Waals surface area (Å²) in [7, 11) is 2.72. The molecule has 0 saturated carbocycles. The third-order valence-corrected chi connectivity index (χ3v) is 3.00. The number of rotatable bonds is 6. The Bertz CT molecular complexity index is 712. The first-order chi connectivity index (χ1) is 11.2. The maximum atomic E-state index is 11.9. The molecule has 120 valence electrons. The molecule has 1 aromatic carbocycles. The number of aliphatic hydroxyl groups is 1. The second-order valence-corrected chi connectivity index (χ2v) is 4.52. The Morgan fingerprint density at radius 2 is 2.09 bits per heavy atom. The molecule has 6 nitrogen and oxygen atoms in total. The van der Waals surface area contributed by atoms with E-state index < -0.39 is 5.97 Å². The van der Waals surface area contributed by atoms with Crippen LogP contribution in [0.4, 0.5) is 0 Å². The maximum Gasteiger partial charge on any atom is 0.341 e. The van der Waals surface area contributed by atoms with Gasteiger partial charge >= 0.3 is 5.97 Å². The Morgan fingerprint density at radius 3 is 2.78 bits per heavy atom. The highest BCUT2D eigenvalue weighted by Crippen LogP contribution is 2.29. The van der Waals surface area contributed by atoms with Crippen molar-refractivity contribution >= 4 is 11.5 Å². The predicted octanol–water partition coefficient (Wildman–Crippen LogP) is 2.53. The van der Waals surface area contributed by atoms with Crippen LogP contribution in [0.3, 0.4) is 0 Å². The van der Waals surface area contributed by atoms with Crippen molar-refractivity contribution in [2.45, 2.75) is 6.61 Å². The van der Waals surface area contributed by atoms with Gasteiger partial charge in [-0.3, -0.25) is 0 Å². The summed E-state index contributed by atoms with van der Waals surface area (Å²) in [4.78, 5) is 16.1. The van der Waals surface area contributed by atoms with Crippen LogP contribution in [0, 0.1) is 0 Å². The number of benzene rings is 1. The van der Waals surface area contributed by atoms with Crippen molar-refractivity contribution < 1.29 is 24.1 Å². The number of aliphatic hydroxyl groups excluding tert-OH is 1. The number of methoxy groups -OCH3 is 2. The van der Waals surface area contributed by atoms with Crippen LogP contribution in [-0.2, 0) is 20.9 Å². The highest BCUT2D eigenvalue weighted by atomic mass is 16.5. The first-order valence-electron chi connectivity index (χ1n) is 6.84. The molecular weight excluding hydrogens is 298 g/mol. The van der Waals surface area contributed by atoms with E-state index in [2.05, 4.69) is 4.98 Å². The van der Waals surface area contributed by atoms with Gasteiger partial charge in [-0.05, 0) is 29.8 Å². The largest absolute Gasteiger partial charge is 0.503 e. The molecule has 1 heterocycles. The van der Waals surface area contributed by atoms with Crippen LogP contribution in [0.5, 0.6) is 11.6 Å². The third kappa shape index (κ3) is 4.08. The lowest BCUT2D eigenvalue weighted by Gasteiger charge is -2.12. The summed E-state index contributed by atoms with van der Waals surface area (Å²) in [6.07, 6.45) is 2.83. The van der Waals surface area contributed by atoms with Gasteiger partial charge in [0.2, 0.25) is 5.88 Å². The van der Waals surface area contributed by atoms with Crippen LogP contribution in [-0.4, -0.2) is 30.3 Å². The molecule has 0 radical (unpaired) electrons. The van der Waals surface area contributed by atoms with E-state index in [4.69, 9.17) is 14.2 Å². The lowest BCUT2D eigenvalue weighted by Crippen LogP contribution is -2.06. The van der Waals surface area contributed by atoms with Crippen LogP contribution in [0.2, 0.25) is 0 Å². The van der Waals surface area contributed by atoms with E-state index >= 15 is 0 Å². The molecule has 0 spiro atoms. The summed E-state index contributed by atoms with van der Waals surface area (Å²) in [6, 6.07) is 10.3. The Labute approximate surface area is 134 Å². The molecule has 23 heavy (non-hydrogen) atoms. The summed E-state index contributed by atoms with van der Waals surface area (Å²) < 4.78 is 15.4. The zero-order valence-electron chi connectivity index (χ0n) is 12.9. The Hall–Kier alpha value is -2.86. The molecule has 0 atom stereocenters. The van der Waals surface area contributed by atoms with Crippen molar-refractivity contribution in [1.82, 2.24) is 4.98 Å². The average Bonchev–Trinajstić information content (AvgIpc) is 2.60. The van der Waals surface area contributed by atoms with Crippen molar-refractivity contribution in [1.29, 1.82) is 0 Å². The van der Waals surface area contributed by atoms with Crippen LogP contribution in [0.15, 0.2) is 48.9 Å². The molecule has 0 unspecified atom stereocenters. The number of hydrogen-bond donors (Lipinski definition) is 1. The number of nitrogens with zero attached hydrogens (tertiary/aromatic N) is 1. The molecule has 0 bridgehead atoms. The minimum absolute atomic E-state index is 0.0940. The number of carbonyl (C=O) groups excluding carboxylic acids is 1. The number of aromatic nitrogens is 1. The molecule has 0 aliphatic rings. The smallest absolute Gasteiger partial charge is 0.341 e. The van der Waals surface area contributed by atoms with Gasteiger partial charge in [-0.2, -0.15) is 0 Å². The van der Waals surface area contributed by atoms with E-state index in [1.165, 1.54) is 20.5 Å². The third-order valence-electron chi connectivity index (χ3n) is 3.00. The minimum atomic E-state index is -0.561. The van der Waals surface area contributed by atoms with E-state index in [9.17, 15) is 9.90 Å². The van der Waals surface area contributed by atoms with Gasteiger partial charge < -0.3 is 19.3 Å². The number of esters is 1. The van der Waals surface area contributed by atoms with Gasteiger partial charge in [0.1, 0.15) is 11.3 Å². The SMILES string of the molecule is COC=C(C(=O)OC)c1cccnc1Oc1cccc(CO)c1. The standard InChI is InChI=1S/C17H17NO5/c1-21-11-15(17(20)22-2)14-7-4-8-18-16(14)23-13-6-3-5-12(9-13)10-19/h3-9,11,19H,10H2,1-2H3. The molecule has 0 saturated heterocycles. The quantitative estimate of drug-likeness (QED) is 0.501. The fraction of sp³-hybridized carbons (Fsp3) is 0.176. The molecule has 6 heteroatoms. The number of carbonyl (C=O) groups is 1. The number of hydrogen-bond acceptors (Lipinski definition) is 6. The molecule has 1 aromatic heterocycles. The summed E-state index contributed by atoms with van der Waals surface area (Å²) in [5.74, 6) is 0.170. The van der Waals surface area contributed by atoms with Crippen LogP contribution in [0.1, 0.15) is 11.1 Å². The van der Waals surface area contributed by atoms with Gasteiger partial charge in [-0.25, -0.2) is 9.78 Å². The topological polar surface area (TPSA) is 77.9 Å². The Balaban J connectivity index is 2.40. The second kappa shape index (κ2) is 7.95. The Morgan fingerprint density at radius 1 is 1.26 bits per heavy atom. The zero-order chi connectivity index (χ0) is 16.7.